The molecule has 144 valence electrons. The summed E-state index contributed by atoms with van der Waals surface area (Å²) >= 11 is 0. The number of rotatable bonds is 4. The van der Waals surface area contributed by atoms with E-state index >= 15 is 0 Å². The van der Waals surface area contributed by atoms with E-state index in [0.29, 0.717) is 19.6 Å². The number of nitrogens with zero attached hydrogens (tertiary/aromatic N) is 2. The van der Waals surface area contributed by atoms with Crippen LogP contribution in [0.1, 0.15) is 17.5 Å². The average molecular weight is 380 g/mol. The Bertz CT molecular complexity index is 895. The monoisotopic (exact) mass is 380 g/mol. The number of amides is 1. The highest BCUT2D eigenvalue weighted by Crippen LogP contribution is 2.33. The van der Waals surface area contributed by atoms with Gasteiger partial charge in [0.2, 0.25) is 0 Å². The lowest BCUT2D eigenvalue weighted by Crippen LogP contribution is -2.56. The van der Waals surface area contributed by atoms with Gasteiger partial charge >= 0.3 is 6.09 Å². The minimum Gasteiger partial charge on any atom is -0.445 e. The van der Waals surface area contributed by atoms with Crippen LogP contribution in [0.25, 0.3) is 5.57 Å². The topological polar surface area (TPSA) is 81.9 Å². The van der Waals surface area contributed by atoms with E-state index < -0.39 is 4.92 Å². The largest absolute Gasteiger partial charge is 0.445 e. The highest BCUT2D eigenvalue weighted by atomic mass is 16.6. The minimum absolute atomic E-state index is 0.0646. The molecule has 0 spiro atoms. The van der Waals surface area contributed by atoms with Crippen molar-refractivity contribution in [3.05, 3.63) is 81.9 Å². The number of hydrogen-bond donors (Lipinski definition) is 0. The molecule has 1 amide bonds. The Labute approximate surface area is 162 Å². The van der Waals surface area contributed by atoms with Gasteiger partial charge in [-0.3, -0.25) is 15.0 Å². The number of carbonyl (C=O) groups is 1. The first-order valence-electron chi connectivity index (χ1n) is 9.14. The molecule has 0 N–H and O–H groups in total. The van der Waals surface area contributed by atoms with Crippen molar-refractivity contribution in [1.82, 2.24) is 4.90 Å². The Morgan fingerprint density at radius 1 is 1.14 bits per heavy atom. The SMILES string of the molecule is O=C(OCc1ccccc1)N1C2C=C(c3ccc([N+](=O)[O-])cc3)CC1COC2. The van der Waals surface area contributed by atoms with Crippen LogP contribution in [0, 0.1) is 10.1 Å². The Morgan fingerprint density at radius 3 is 2.57 bits per heavy atom. The molecule has 0 saturated carbocycles. The fraction of sp³-hybridized carbons (Fsp3) is 0.286. The number of morpholine rings is 1. The van der Waals surface area contributed by atoms with E-state index in [1.54, 1.807) is 17.0 Å². The minimum atomic E-state index is -0.411. The summed E-state index contributed by atoms with van der Waals surface area (Å²) in [7, 11) is 0. The molecular weight excluding hydrogens is 360 g/mol. The zero-order chi connectivity index (χ0) is 19.5. The summed E-state index contributed by atoms with van der Waals surface area (Å²) in [6, 6.07) is 15.8. The number of carbonyl (C=O) groups excluding carboxylic acids is 1. The van der Waals surface area contributed by atoms with E-state index in [2.05, 4.69) is 0 Å². The average Bonchev–Trinajstić information content (AvgIpc) is 2.72. The van der Waals surface area contributed by atoms with Gasteiger partial charge in [-0.15, -0.1) is 0 Å². The fourth-order valence-corrected chi connectivity index (χ4v) is 3.69. The molecule has 2 aromatic rings. The number of non-ortho nitro benzene ring substituents is 1. The predicted octanol–water partition coefficient (Wildman–Crippen LogP) is 3.79. The zero-order valence-corrected chi connectivity index (χ0v) is 15.2. The summed E-state index contributed by atoms with van der Waals surface area (Å²) in [4.78, 5) is 24.9. The molecule has 2 atom stereocenters. The van der Waals surface area contributed by atoms with E-state index in [1.807, 2.05) is 36.4 Å². The Morgan fingerprint density at radius 2 is 1.89 bits per heavy atom. The molecule has 2 aliphatic heterocycles. The highest BCUT2D eigenvalue weighted by Gasteiger charge is 2.39. The van der Waals surface area contributed by atoms with Crippen LogP contribution < -0.4 is 0 Å². The number of fused-ring (bicyclic) bond motifs is 2. The second-order valence-corrected chi connectivity index (χ2v) is 6.91. The van der Waals surface area contributed by atoms with Crippen LogP contribution in [0.2, 0.25) is 0 Å². The van der Waals surface area contributed by atoms with Gasteiger partial charge in [0.05, 0.1) is 30.2 Å². The first kappa shape index (κ1) is 18.2. The van der Waals surface area contributed by atoms with Gasteiger partial charge in [0, 0.05) is 12.1 Å². The molecule has 2 aliphatic rings. The standard InChI is InChI=1S/C21H20N2O5/c24-21(28-12-15-4-2-1-3-5-15)22-19-10-17(11-20(22)14-27-13-19)16-6-8-18(9-7-16)23(25)26/h1-10,19-20H,11-14H2. The van der Waals surface area contributed by atoms with Crippen LogP contribution >= 0.6 is 0 Å². The molecule has 2 unspecified atom stereocenters. The van der Waals surface area contributed by atoms with Crippen LogP contribution in [-0.2, 0) is 16.1 Å². The van der Waals surface area contributed by atoms with Crippen molar-refractivity contribution in [3.63, 3.8) is 0 Å². The van der Waals surface area contributed by atoms with E-state index in [4.69, 9.17) is 9.47 Å². The third-order valence-corrected chi connectivity index (χ3v) is 5.06. The van der Waals surface area contributed by atoms with Gasteiger partial charge in [0.1, 0.15) is 6.61 Å². The summed E-state index contributed by atoms with van der Waals surface area (Å²) < 4.78 is 11.1. The first-order valence-corrected chi connectivity index (χ1v) is 9.14. The van der Waals surface area contributed by atoms with Crippen LogP contribution in [0.5, 0.6) is 0 Å². The maximum Gasteiger partial charge on any atom is 0.411 e. The van der Waals surface area contributed by atoms with E-state index in [-0.39, 0.29) is 30.5 Å². The van der Waals surface area contributed by atoms with Crippen molar-refractivity contribution in [2.45, 2.75) is 25.1 Å². The van der Waals surface area contributed by atoms with Gasteiger partial charge < -0.3 is 9.47 Å². The van der Waals surface area contributed by atoms with Crippen LogP contribution in [0.3, 0.4) is 0 Å². The van der Waals surface area contributed by atoms with Crippen molar-refractivity contribution in [1.29, 1.82) is 0 Å². The molecule has 7 heteroatoms. The molecule has 0 radical (unpaired) electrons. The van der Waals surface area contributed by atoms with Gasteiger partial charge in [0.15, 0.2) is 0 Å². The quantitative estimate of drug-likeness (QED) is 0.595. The number of nitro groups is 1. The predicted molar refractivity (Wildman–Crippen MR) is 103 cm³/mol. The number of hydrogen-bond acceptors (Lipinski definition) is 5. The second kappa shape index (κ2) is 7.82. The molecule has 7 nitrogen and oxygen atoms in total. The highest BCUT2D eigenvalue weighted by molar-refractivity contribution is 5.74. The van der Waals surface area contributed by atoms with Gasteiger partial charge in [-0.05, 0) is 35.3 Å². The van der Waals surface area contributed by atoms with Crippen LogP contribution in [-0.4, -0.2) is 41.2 Å². The smallest absolute Gasteiger partial charge is 0.411 e. The number of ether oxygens (including phenoxy) is 2. The third kappa shape index (κ3) is 3.75. The van der Waals surface area contributed by atoms with Crippen molar-refractivity contribution < 1.29 is 19.2 Å². The van der Waals surface area contributed by atoms with E-state index in [1.165, 1.54) is 12.1 Å². The van der Waals surface area contributed by atoms with Crippen LogP contribution in [0.4, 0.5) is 10.5 Å². The number of benzene rings is 2. The van der Waals surface area contributed by atoms with Gasteiger partial charge in [-0.1, -0.05) is 36.4 Å². The molecule has 28 heavy (non-hydrogen) atoms. The Hall–Kier alpha value is -3.19. The molecule has 2 heterocycles. The third-order valence-electron chi connectivity index (χ3n) is 5.06. The van der Waals surface area contributed by atoms with Crippen molar-refractivity contribution in [2.75, 3.05) is 13.2 Å². The molecule has 2 bridgehead atoms. The van der Waals surface area contributed by atoms with Crippen molar-refractivity contribution >= 4 is 17.4 Å². The Balaban J connectivity index is 1.49. The summed E-state index contributed by atoms with van der Waals surface area (Å²) in [6.45, 7) is 1.09. The zero-order valence-electron chi connectivity index (χ0n) is 15.2. The summed E-state index contributed by atoms with van der Waals surface area (Å²) in [5, 5.41) is 10.8. The Kier molecular flexibility index (Phi) is 5.08. The molecular formula is C21H20N2O5. The molecule has 1 saturated heterocycles. The second-order valence-electron chi connectivity index (χ2n) is 6.91. The summed E-state index contributed by atoms with van der Waals surface area (Å²) in [5.74, 6) is 0. The van der Waals surface area contributed by atoms with Gasteiger partial charge in [-0.25, -0.2) is 4.79 Å². The molecule has 2 aromatic carbocycles. The maximum atomic E-state index is 12.7. The molecule has 0 aliphatic carbocycles. The first-order chi connectivity index (χ1) is 13.6. The van der Waals surface area contributed by atoms with Crippen LogP contribution in [0.15, 0.2) is 60.7 Å². The lowest BCUT2D eigenvalue weighted by molar-refractivity contribution is -0.384. The summed E-state index contributed by atoms with van der Waals surface area (Å²) in [5.41, 5.74) is 3.01. The number of nitro benzene ring substituents is 1. The van der Waals surface area contributed by atoms with Crippen molar-refractivity contribution in [2.24, 2.45) is 0 Å². The van der Waals surface area contributed by atoms with E-state index in [9.17, 15) is 14.9 Å². The van der Waals surface area contributed by atoms with E-state index in [0.717, 1.165) is 16.7 Å². The molecule has 0 aromatic heterocycles. The normalized spacial score (nSPS) is 21.0. The van der Waals surface area contributed by atoms with Gasteiger partial charge in [-0.2, -0.15) is 0 Å². The fourth-order valence-electron chi connectivity index (χ4n) is 3.69. The lowest BCUT2D eigenvalue weighted by Gasteiger charge is -2.43. The summed E-state index contributed by atoms with van der Waals surface area (Å²) in [6.07, 6.45) is 2.27. The molecule has 4 rings (SSSR count). The lowest BCUT2D eigenvalue weighted by atomic mass is 9.90. The van der Waals surface area contributed by atoms with Gasteiger partial charge in [0.25, 0.3) is 5.69 Å². The molecule has 1 fully saturated rings. The van der Waals surface area contributed by atoms with Crippen molar-refractivity contribution in [3.8, 4) is 0 Å². The maximum absolute atomic E-state index is 12.7.